The van der Waals surface area contributed by atoms with Crippen LogP contribution in [0.4, 0.5) is 10.5 Å². The molecule has 0 bridgehead atoms. The molecule has 1 rings (SSSR count). The maximum absolute atomic E-state index is 12.5. The van der Waals surface area contributed by atoms with Crippen molar-refractivity contribution in [3.05, 3.63) is 29.3 Å². The van der Waals surface area contributed by atoms with E-state index in [0.717, 1.165) is 0 Å². The zero-order valence-corrected chi connectivity index (χ0v) is 17.5. The normalized spacial score (nSPS) is 12.6. The fraction of sp³-hybridized carbons (Fsp3) is 0.500. The number of carboxylic acid groups (broad SMARTS) is 1. The minimum absolute atomic E-state index is 0.000217. The smallest absolute Gasteiger partial charge is 0.408 e. The van der Waals surface area contributed by atoms with Gasteiger partial charge in [0.15, 0.2) is 5.78 Å². The summed E-state index contributed by atoms with van der Waals surface area (Å²) < 4.78 is 10.3. The van der Waals surface area contributed by atoms with E-state index in [4.69, 9.17) is 15.2 Å². The van der Waals surface area contributed by atoms with Crippen LogP contribution in [0.2, 0.25) is 0 Å². The number of nitrogens with two attached hydrogens (primary N) is 1. The second kappa shape index (κ2) is 8.93. The lowest BCUT2D eigenvalue weighted by Crippen LogP contribution is -2.44. The molecule has 0 heterocycles. The highest BCUT2D eigenvalue weighted by molar-refractivity contribution is 6.04. The predicted octanol–water partition coefficient (Wildman–Crippen LogP) is 2.77. The Kier molecular flexibility index (Phi) is 7.37. The molecule has 0 aliphatic carbocycles. The number of rotatable bonds is 6. The van der Waals surface area contributed by atoms with Crippen molar-refractivity contribution in [2.75, 3.05) is 5.73 Å². The van der Waals surface area contributed by atoms with E-state index < -0.39 is 47.5 Å². The first-order chi connectivity index (χ1) is 13.1. The Morgan fingerprint density at radius 2 is 1.59 bits per heavy atom. The Labute approximate surface area is 169 Å². The van der Waals surface area contributed by atoms with E-state index in [9.17, 15) is 24.3 Å². The van der Waals surface area contributed by atoms with Crippen molar-refractivity contribution in [1.29, 1.82) is 0 Å². The van der Waals surface area contributed by atoms with E-state index in [1.54, 1.807) is 41.5 Å². The third-order valence-electron chi connectivity index (χ3n) is 3.37. The molecule has 9 nitrogen and oxygen atoms in total. The van der Waals surface area contributed by atoms with Crippen LogP contribution in [0.15, 0.2) is 18.2 Å². The molecule has 29 heavy (non-hydrogen) atoms. The van der Waals surface area contributed by atoms with Crippen LogP contribution in [-0.2, 0) is 14.3 Å². The molecule has 0 spiro atoms. The number of anilines is 1. The number of alkyl carbamates (subject to hydrolysis) is 1. The maximum Gasteiger partial charge on any atom is 0.408 e. The van der Waals surface area contributed by atoms with Gasteiger partial charge in [-0.1, -0.05) is 0 Å². The number of carbonyl (C=O) groups is 4. The van der Waals surface area contributed by atoms with Crippen LogP contribution in [0, 0.1) is 0 Å². The summed E-state index contributed by atoms with van der Waals surface area (Å²) >= 11 is 0. The highest BCUT2D eigenvalue weighted by Crippen LogP contribution is 2.20. The zero-order valence-electron chi connectivity index (χ0n) is 17.5. The molecular weight excluding hydrogens is 380 g/mol. The van der Waals surface area contributed by atoms with Crippen molar-refractivity contribution < 1.29 is 33.8 Å². The molecule has 160 valence electrons. The molecule has 1 amide bonds. The quantitative estimate of drug-likeness (QED) is 0.370. The monoisotopic (exact) mass is 408 g/mol. The summed E-state index contributed by atoms with van der Waals surface area (Å²) in [6.45, 7) is 10.0. The van der Waals surface area contributed by atoms with Gasteiger partial charge >= 0.3 is 18.0 Å². The lowest BCUT2D eigenvalue weighted by Gasteiger charge is -2.22. The van der Waals surface area contributed by atoms with E-state index in [2.05, 4.69) is 5.32 Å². The summed E-state index contributed by atoms with van der Waals surface area (Å²) in [6, 6.07) is 2.48. The van der Waals surface area contributed by atoms with Gasteiger partial charge in [-0.15, -0.1) is 0 Å². The number of nitrogen functional groups attached to an aromatic ring is 1. The molecule has 0 saturated carbocycles. The lowest BCUT2D eigenvalue weighted by atomic mass is 10.0. The predicted molar refractivity (Wildman–Crippen MR) is 106 cm³/mol. The molecule has 9 heteroatoms. The molecule has 0 aromatic heterocycles. The van der Waals surface area contributed by atoms with Gasteiger partial charge in [0, 0.05) is 17.7 Å². The molecule has 1 unspecified atom stereocenters. The standard InChI is InChI=1S/C20H28N2O7/c1-19(2,3)28-17(26)11-7-8-12(13(21)9-11)15(23)10-14(16(24)25)22-18(27)29-20(4,5)6/h7-9,14H,10,21H2,1-6H3,(H,22,27)(H,24,25). The molecule has 0 saturated heterocycles. The average Bonchev–Trinajstić information content (AvgIpc) is 2.50. The van der Waals surface area contributed by atoms with Crippen molar-refractivity contribution in [3.63, 3.8) is 0 Å². The largest absolute Gasteiger partial charge is 0.480 e. The van der Waals surface area contributed by atoms with Crippen molar-refractivity contribution in [2.24, 2.45) is 0 Å². The summed E-state index contributed by atoms with van der Waals surface area (Å²) in [7, 11) is 0. The van der Waals surface area contributed by atoms with Gasteiger partial charge in [-0.3, -0.25) is 4.79 Å². The summed E-state index contributed by atoms with van der Waals surface area (Å²) in [4.78, 5) is 47.8. The van der Waals surface area contributed by atoms with Gasteiger partial charge < -0.3 is 25.6 Å². The fourth-order valence-corrected chi connectivity index (χ4v) is 2.23. The van der Waals surface area contributed by atoms with Crippen LogP contribution in [0.1, 0.15) is 68.7 Å². The van der Waals surface area contributed by atoms with Crippen LogP contribution in [0.25, 0.3) is 0 Å². The number of aliphatic carboxylic acids is 1. The van der Waals surface area contributed by atoms with E-state index >= 15 is 0 Å². The summed E-state index contributed by atoms with van der Waals surface area (Å²) in [5, 5.41) is 11.4. The van der Waals surface area contributed by atoms with Crippen molar-refractivity contribution in [3.8, 4) is 0 Å². The number of ketones is 1. The van der Waals surface area contributed by atoms with Crippen molar-refractivity contribution in [2.45, 2.75) is 65.2 Å². The molecular formula is C20H28N2O7. The van der Waals surface area contributed by atoms with Gasteiger partial charge in [-0.25, -0.2) is 14.4 Å². The molecule has 0 aliphatic heterocycles. The summed E-state index contributed by atoms with van der Waals surface area (Å²) in [5.41, 5.74) is 4.56. The number of benzene rings is 1. The highest BCUT2D eigenvalue weighted by Gasteiger charge is 2.27. The zero-order chi connectivity index (χ0) is 22.6. The van der Waals surface area contributed by atoms with Crippen LogP contribution in [0.5, 0.6) is 0 Å². The van der Waals surface area contributed by atoms with Gasteiger partial charge in [0.2, 0.25) is 0 Å². The molecule has 1 atom stereocenters. The van der Waals surface area contributed by atoms with E-state index in [0.29, 0.717) is 0 Å². The first kappa shape index (κ1) is 23.9. The van der Waals surface area contributed by atoms with Crippen molar-refractivity contribution >= 4 is 29.5 Å². The third kappa shape index (κ3) is 8.20. The van der Waals surface area contributed by atoms with Crippen molar-refractivity contribution in [1.82, 2.24) is 5.32 Å². The van der Waals surface area contributed by atoms with Crippen LogP contribution < -0.4 is 11.1 Å². The Balaban J connectivity index is 2.92. The summed E-state index contributed by atoms with van der Waals surface area (Å²) in [5.74, 6) is -2.60. The van der Waals surface area contributed by atoms with Crippen LogP contribution >= 0.6 is 0 Å². The summed E-state index contributed by atoms with van der Waals surface area (Å²) in [6.07, 6.45) is -1.49. The molecule has 0 radical (unpaired) electrons. The van der Waals surface area contributed by atoms with E-state index in [-0.39, 0.29) is 16.8 Å². The van der Waals surface area contributed by atoms with Gasteiger partial charge in [0.1, 0.15) is 17.2 Å². The van der Waals surface area contributed by atoms with Gasteiger partial charge in [-0.05, 0) is 59.7 Å². The number of Topliss-reactive ketones (excluding diaryl/α,β-unsaturated/α-hetero) is 1. The Morgan fingerprint density at radius 1 is 1.03 bits per heavy atom. The second-order valence-corrected chi connectivity index (χ2v) is 8.47. The number of carbonyl (C=O) groups excluding carboxylic acids is 3. The molecule has 0 fully saturated rings. The topological polar surface area (TPSA) is 145 Å². The SMILES string of the molecule is CC(C)(C)OC(=O)NC(CC(=O)c1ccc(C(=O)OC(C)(C)C)cc1N)C(=O)O. The second-order valence-electron chi connectivity index (χ2n) is 8.47. The number of esters is 1. The minimum atomic E-state index is -1.50. The van der Waals surface area contributed by atoms with E-state index in [1.165, 1.54) is 18.2 Å². The number of nitrogens with one attached hydrogen (secondary N) is 1. The van der Waals surface area contributed by atoms with Gasteiger partial charge in [0.25, 0.3) is 0 Å². The molecule has 0 aliphatic rings. The maximum atomic E-state index is 12.5. The average molecular weight is 408 g/mol. The first-order valence-corrected chi connectivity index (χ1v) is 8.97. The Bertz CT molecular complexity index is 804. The lowest BCUT2D eigenvalue weighted by molar-refractivity contribution is -0.139. The number of hydrogen-bond donors (Lipinski definition) is 3. The Hall–Kier alpha value is -3.10. The molecule has 4 N–H and O–H groups in total. The number of hydrogen-bond acceptors (Lipinski definition) is 7. The number of amides is 1. The van der Waals surface area contributed by atoms with E-state index in [1.807, 2.05) is 0 Å². The van der Waals surface area contributed by atoms with Gasteiger partial charge in [0.05, 0.1) is 5.56 Å². The fourth-order valence-electron chi connectivity index (χ4n) is 2.23. The third-order valence-corrected chi connectivity index (χ3v) is 3.37. The number of carboxylic acids is 1. The van der Waals surface area contributed by atoms with Crippen LogP contribution in [0.3, 0.4) is 0 Å². The number of ether oxygens (including phenoxy) is 2. The molecule has 1 aromatic rings. The highest BCUT2D eigenvalue weighted by atomic mass is 16.6. The molecule has 1 aromatic carbocycles. The van der Waals surface area contributed by atoms with Gasteiger partial charge in [-0.2, -0.15) is 0 Å². The Morgan fingerprint density at radius 3 is 2.03 bits per heavy atom. The minimum Gasteiger partial charge on any atom is -0.480 e. The first-order valence-electron chi connectivity index (χ1n) is 8.97. The van der Waals surface area contributed by atoms with Crippen LogP contribution in [-0.4, -0.2) is 46.2 Å².